The highest BCUT2D eigenvalue weighted by Gasteiger charge is 2.08. The Morgan fingerprint density at radius 2 is 2.67 bits per heavy atom. The van der Waals surface area contributed by atoms with Gasteiger partial charge in [-0.2, -0.15) is 0 Å². The van der Waals surface area contributed by atoms with Crippen LogP contribution in [0.1, 0.15) is 23.8 Å². The highest BCUT2D eigenvalue weighted by Crippen LogP contribution is 2.20. The number of aromatic nitrogens is 1. The van der Waals surface area contributed by atoms with Crippen molar-refractivity contribution in [2.45, 2.75) is 18.9 Å². The Morgan fingerprint density at radius 1 is 1.83 bits per heavy atom. The van der Waals surface area contributed by atoms with Gasteiger partial charge >= 0.3 is 0 Å². The van der Waals surface area contributed by atoms with Crippen LogP contribution in [-0.4, -0.2) is 12.0 Å². The quantitative estimate of drug-likeness (QED) is 0.715. The van der Waals surface area contributed by atoms with Crippen LogP contribution < -0.4 is 5.32 Å². The lowest BCUT2D eigenvalue weighted by atomic mass is 10.1. The van der Waals surface area contributed by atoms with Crippen molar-refractivity contribution in [3.05, 3.63) is 16.6 Å². The molecule has 1 heterocycles. The minimum absolute atomic E-state index is 0.369. The van der Waals surface area contributed by atoms with Crippen molar-refractivity contribution in [1.82, 2.24) is 10.3 Å². The number of hydrogen-bond acceptors (Lipinski definition) is 3. The second-order valence-electron chi connectivity index (χ2n) is 2.49. The molecule has 12 heavy (non-hydrogen) atoms. The van der Waals surface area contributed by atoms with E-state index in [9.17, 15) is 0 Å². The zero-order valence-corrected chi connectivity index (χ0v) is 7.90. The van der Waals surface area contributed by atoms with Crippen molar-refractivity contribution in [1.29, 1.82) is 0 Å². The first-order valence-corrected chi connectivity index (χ1v) is 4.75. The molecular weight excluding hydrogens is 168 g/mol. The Hall–Kier alpha value is -0.850. The molecule has 0 radical (unpaired) electrons. The predicted octanol–water partition coefficient (Wildman–Crippen LogP) is 1.82. The third-order valence-electron chi connectivity index (χ3n) is 1.72. The van der Waals surface area contributed by atoms with E-state index < -0.39 is 0 Å². The van der Waals surface area contributed by atoms with Gasteiger partial charge in [0.25, 0.3) is 0 Å². The summed E-state index contributed by atoms with van der Waals surface area (Å²) in [6.45, 7) is 0. The van der Waals surface area contributed by atoms with E-state index in [1.807, 2.05) is 18.8 Å². The summed E-state index contributed by atoms with van der Waals surface area (Å²) in [6, 6.07) is 0.369. The molecule has 2 nitrogen and oxygen atoms in total. The molecule has 1 atom stereocenters. The topological polar surface area (TPSA) is 24.9 Å². The first kappa shape index (κ1) is 9.24. The molecule has 0 aliphatic rings. The normalized spacial score (nSPS) is 12.3. The van der Waals surface area contributed by atoms with Crippen LogP contribution in [0.15, 0.2) is 11.7 Å². The van der Waals surface area contributed by atoms with Gasteiger partial charge in [0.1, 0.15) is 0 Å². The first-order valence-electron chi connectivity index (χ1n) is 3.87. The smallest absolute Gasteiger partial charge is 0.0794 e. The summed E-state index contributed by atoms with van der Waals surface area (Å²) in [6.07, 6.45) is 8.88. The van der Waals surface area contributed by atoms with Crippen LogP contribution in [0, 0.1) is 12.3 Å². The number of nitrogens with zero attached hydrogens (tertiary/aromatic N) is 1. The molecule has 0 aliphatic heterocycles. The molecule has 0 bridgehead atoms. The second kappa shape index (κ2) is 4.91. The molecule has 1 rings (SSSR count). The van der Waals surface area contributed by atoms with E-state index in [1.165, 1.54) is 4.88 Å². The Balaban J connectivity index is 2.52. The average molecular weight is 180 g/mol. The summed E-state index contributed by atoms with van der Waals surface area (Å²) in [5.74, 6) is 2.64. The maximum Gasteiger partial charge on any atom is 0.0794 e. The summed E-state index contributed by atoms with van der Waals surface area (Å²) in [4.78, 5) is 5.28. The summed E-state index contributed by atoms with van der Waals surface area (Å²) < 4.78 is 0. The third-order valence-corrected chi connectivity index (χ3v) is 2.61. The molecule has 0 spiro atoms. The zero-order chi connectivity index (χ0) is 8.81. The van der Waals surface area contributed by atoms with Gasteiger partial charge in [-0.1, -0.05) is 0 Å². The second-order valence-corrected chi connectivity index (χ2v) is 3.41. The fourth-order valence-corrected chi connectivity index (χ4v) is 1.82. The van der Waals surface area contributed by atoms with Crippen molar-refractivity contribution < 1.29 is 0 Å². The van der Waals surface area contributed by atoms with Crippen molar-refractivity contribution >= 4 is 11.3 Å². The monoisotopic (exact) mass is 180 g/mol. The van der Waals surface area contributed by atoms with Crippen molar-refractivity contribution in [3.8, 4) is 12.3 Å². The molecule has 1 N–H and O–H groups in total. The Kier molecular flexibility index (Phi) is 3.78. The lowest BCUT2D eigenvalue weighted by molar-refractivity contribution is 0.566. The van der Waals surface area contributed by atoms with Gasteiger partial charge in [-0.25, -0.2) is 0 Å². The van der Waals surface area contributed by atoms with Crippen LogP contribution in [0.25, 0.3) is 0 Å². The molecule has 0 amide bonds. The largest absolute Gasteiger partial charge is 0.312 e. The summed E-state index contributed by atoms with van der Waals surface area (Å²) in [5, 5.41) is 3.21. The molecule has 1 aromatic heterocycles. The molecule has 0 saturated carbocycles. The molecule has 0 aliphatic carbocycles. The number of terminal acetylenes is 1. The van der Waals surface area contributed by atoms with Gasteiger partial charge in [0.15, 0.2) is 0 Å². The first-order chi connectivity index (χ1) is 5.88. The Labute approximate surface area is 77.0 Å². The minimum Gasteiger partial charge on any atom is -0.312 e. The van der Waals surface area contributed by atoms with Gasteiger partial charge in [-0.15, -0.1) is 23.7 Å². The fourth-order valence-electron chi connectivity index (χ4n) is 1.05. The van der Waals surface area contributed by atoms with E-state index in [1.54, 1.807) is 11.3 Å². The standard InChI is InChI=1S/C9H12N2S/c1-3-4-5-8(10-2)9-6-11-7-12-9/h1,6-8,10H,4-5H2,2H3. The van der Waals surface area contributed by atoms with Gasteiger partial charge < -0.3 is 5.32 Å². The number of rotatable bonds is 4. The third kappa shape index (κ3) is 2.33. The van der Waals surface area contributed by atoms with Gasteiger partial charge in [0.05, 0.1) is 5.51 Å². The minimum atomic E-state index is 0.369. The van der Waals surface area contributed by atoms with E-state index >= 15 is 0 Å². The molecule has 1 aromatic rings. The van der Waals surface area contributed by atoms with Gasteiger partial charge in [0.2, 0.25) is 0 Å². The Morgan fingerprint density at radius 3 is 3.17 bits per heavy atom. The molecule has 0 aromatic carbocycles. The van der Waals surface area contributed by atoms with Crippen LogP contribution in [0.2, 0.25) is 0 Å². The van der Waals surface area contributed by atoms with Crippen LogP contribution in [0.5, 0.6) is 0 Å². The van der Waals surface area contributed by atoms with Crippen molar-refractivity contribution in [3.63, 3.8) is 0 Å². The van der Waals surface area contributed by atoms with E-state index in [2.05, 4.69) is 16.2 Å². The van der Waals surface area contributed by atoms with Crippen LogP contribution in [0.4, 0.5) is 0 Å². The average Bonchev–Trinajstić information content (AvgIpc) is 2.59. The number of hydrogen-bond donors (Lipinski definition) is 1. The SMILES string of the molecule is C#CCCC(NC)c1cncs1. The molecule has 64 valence electrons. The highest BCUT2D eigenvalue weighted by molar-refractivity contribution is 7.09. The van der Waals surface area contributed by atoms with Gasteiger partial charge in [0, 0.05) is 23.5 Å². The maximum atomic E-state index is 5.19. The molecule has 1 unspecified atom stereocenters. The van der Waals surface area contributed by atoms with Gasteiger partial charge in [-0.05, 0) is 13.5 Å². The Bertz CT molecular complexity index is 248. The van der Waals surface area contributed by atoms with E-state index in [4.69, 9.17) is 6.42 Å². The summed E-state index contributed by atoms with van der Waals surface area (Å²) in [7, 11) is 1.95. The fraction of sp³-hybridized carbons (Fsp3) is 0.444. The lowest BCUT2D eigenvalue weighted by Crippen LogP contribution is -2.14. The predicted molar refractivity (Wildman–Crippen MR) is 52.0 cm³/mol. The van der Waals surface area contributed by atoms with E-state index in [-0.39, 0.29) is 0 Å². The number of nitrogens with one attached hydrogen (secondary N) is 1. The van der Waals surface area contributed by atoms with Crippen molar-refractivity contribution in [2.24, 2.45) is 0 Å². The van der Waals surface area contributed by atoms with E-state index in [0.29, 0.717) is 6.04 Å². The molecule has 3 heteroatoms. The van der Waals surface area contributed by atoms with E-state index in [0.717, 1.165) is 12.8 Å². The molecule has 0 fully saturated rings. The molecule has 0 saturated heterocycles. The van der Waals surface area contributed by atoms with Crippen LogP contribution in [-0.2, 0) is 0 Å². The lowest BCUT2D eigenvalue weighted by Gasteiger charge is -2.11. The summed E-state index contributed by atoms with van der Waals surface area (Å²) >= 11 is 1.66. The number of thiazole rings is 1. The van der Waals surface area contributed by atoms with Crippen molar-refractivity contribution in [2.75, 3.05) is 7.05 Å². The molecular formula is C9H12N2S. The highest BCUT2D eigenvalue weighted by atomic mass is 32.1. The zero-order valence-electron chi connectivity index (χ0n) is 7.08. The maximum absolute atomic E-state index is 5.19. The van der Waals surface area contributed by atoms with Crippen LogP contribution >= 0.6 is 11.3 Å². The summed E-state index contributed by atoms with van der Waals surface area (Å²) in [5.41, 5.74) is 1.84. The van der Waals surface area contributed by atoms with Gasteiger partial charge in [-0.3, -0.25) is 4.98 Å². The van der Waals surface area contributed by atoms with Crippen LogP contribution in [0.3, 0.4) is 0 Å².